The van der Waals surface area contributed by atoms with Crippen LogP contribution in [0.15, 0.2) is 24.5 Å². The van der Waals surface area contributed by atoms with Crippen molar-refractivity contribution in [3.63, 3.8) is 0 Å². The lowest BCUT2D eigenvalue weighted by atomic mass is 10.0. The zero-order chi connectivity index (χ0) is 20.4. The van der Waals surface area contributed by atoms with Crippen molar-refractivity contribution in [1.82, 2.24) is 19.3 Å². The summed E-state index contributed by atoms with van der Waals surface area (Å²) in [6.45, 7) is 4.08. The van der Waals surface area contributed by atoms with Crippen LogP contribution < -0.4 is 9.47 Å². The molecule has 0 aliphatic rings. The van der Waals surface area contributed by atoms with Gasteiger partial charge in [-0.1, -0.05) is 0 Å². The number of aromatic nitrogens is 4. The second-order valence-corrected chi connectivity index (χ2v) is 6.12. The number of carbonyl (C=O) groups is 1. The molecule has 0 aliphatic carbocycles. The van der Waals surface area contributed by atoms with Crippen LogP contribution in [0.2, 0.25) is 0 Å². The Morgan fingerprint density at radius 3 is 2.57 bits per heavy atom. The third-order valence-corrected chi connectivity index (χ3v) is 4.54. The van der Waals surface area contributed by atoms with Gasteiger partial charge in [0.25, 0.3) is 0 Å². The van der Waals surface area contributed by atoms with E-state index in [4.69, 9.17) is 9.47 Å². The quantitative estimate of drug-likeness (QED) is 0.639. The summed E-state index contributed by atoms with van der Waals surface area (Å²) in [6, 6.07) is 3.29. The van der Waals surface area contributed by atoms with Crippen molar-refractivity contribution < 1.29 is 24.5 Å². The molecule has 9 nitrogen and oxygen atoms in total. The molecule has 1 aromatic carbocycles. The zero-order valence-electron chi connectivity index (χ0n) is 16.1. The molecule has 148 valence electrons. The van der Waals surface area contributed by atoms with Crippen molar-refractivity contribution in [3.8, 4) is 28.6 Å². The molecule has 0 saturated carbocycles. The number of carboxylic acid groups (broad SMARTS) is 1. The van der Waals surface area contributed by atoms with E-state index in [2.05, 4.69) is 10.1 Å². The summed E-state index contributed by atoms with van der Waals surface area (Å²) in [5, 5.41) is 23.5. The number of rotatable bonds is 7. The molecule has 0 unspecified atom stereocenters. The normalized spacial score (nSPS) is 10.9. The van der Waals surface area contributed by atoms with Gasteiger partial charge in [-0.2, -0.15) is 5.10 Å². The fourth-order valence-corrected chi connectivity index (χ4v) is 3.36. The summed E-state index contributed by atoms with van der Waals surface area (Å²) in [5.41, 5.74) is 2.72. The van der Waals surface area contributed by atoms with Crippen LogP contribution in [0.25, 0.3) is 17.1 Å². The number of carboxylic acids is 1. The van der Waals surface area contributed by atoms with Crippen LogP contribution in [0.4, 0.5) is 0 Å². The minimum atomic E-state index is -1.15. The lowest BCUT2D eigenvalue weighted by Gasteiger charge is -2.15. The molecule has 2 N–H and O–H groups in total. The van der Waals surface area contributed by atoms with Crippen molar-refractivity contribution in [2.45, 2.75) is 20.4 Å². The largest absolute Gasteiger partial charge is 0.493 e. The molecular weight excluding hydrogens is 364 g/mol. The van der Waals surface area contributed by atoms with Gasteiger partial charge in [-0.05, 0) is 26.0 Å². The lowest BCUT2D eigenvalue weighted by Crippen LogP contribution is -2.09. The second kappa shape index (κ2) is 7.73. The molecule has 0 saturated heterocycles. The molecule has 0 bridgehead atoms. The SMILES string of the molecule is COc1ccc(-c2nccn2-c2c(C)nn(CCO)c2C)c(C(=O)O)c1OC. The smallest absolute Gasteiger partial charge is 0.340 e. The minimum absolute atomic E-state index is 0.0307. The van der Waals surface area contributed by atoms with Gasteiger partial charge in [0.05, 0.1) is 44.4 Å². The molecule has 0 fully saturated rings. The number of imidazole rings is 1. The van der Waals surface area contributed by atoms with Gasteiger partial charge in [-0.3, -0.25) is 9.25 Å². The molecule has 9 heteroatoms. The van der Waals surface area contributed by atoms with Crippen LogP contribution in [-0.2, 0) is 6.54 Å². The number of benzene rings is 1. The second-order valence-electron chi connectivity index (χ2n) is 6.12. The highest BCUT2D eigenvalue weighted by Gasteiger charge is 2.25. The molecule has 0 amide bonds. The van der Waals surface area contributed by atoms with Gasteiger partial charge >= 0.3 is 5.97 Å². The topological polar surface area (TPSA) is 112 Å². The molecule has 3 aromatic rings. The van der Waals surface area contributed by atoms with Crippen LogP contribution in [0.5, 0.6) is 11.5 Å². The van der Waals surface area contributed by atoms with Gasteiger partial charge < -0.3 is 19.7 Å². The van der Waals surface area contributed by atoms with Gasteiger partial charge in [0.2, 0.25) is 0 Å². The first-order valence-electron chi connectivity index (χ1n) is 8.61. The standard InChI is InChI=1S/C19H22N4O5/c1-11-16(12(2)23(21-11)9-10-24)22-8-7-20-18(22)13-5-6-14(27-3)17(28-4)15(13)19(25)26/h5-8,24H,9-10H2,1-4H3,(H,25,26). The maximum atomic E-state index is 12.0. The predicted octanol–water partition coefficient (Wildman–Crippen LogP) is 2.06. The Kier molecular flexibility index (Phi) is 5.36. The fraction of sp³-hybridized carbons (Fsp3) is 0.316. The highest BCUT2D eigenvalue weighted by atomic mass is 16.5. The Morgan fingerprint density at radius 2 is 1.96 bits per heavy atom. The Labute approximate surface area is 161 Å². The zero-order valence-corrected chi connectivity index (χ0v) is 16.1. The molecule has 28 heavy (non-hydrogen) atoms. The summed E-state index contributed by atoms with van der Waals surface area (Å²) >= 11 is 0. The van der Waals surface area contributed by atoms with E-state index in [1.54, 1.807) is 33.8 Å². The van der Waals surface area contributed by atoms with E-state index >= 15 is 0 Å². The highest BCUT2D eigenvalue weighted by molar-refractivity contribution is 5.99. The number of ether oxygens (including phenoxy) is 2. The van der Waals surface area contributed by atoms with Crippen molar-refractivity contribution >= 4 is 5.97 Å². The van der Waals surface area contributed by atoms with Crippen molar-refractivity contribution in [3.05, 3.63) is 41.5 Å². The molecule has 0 aliphatic heterocycles. The average molecular weight is 386 g/mol. The third kappa shape index (κ3) is 3.09. The van der Waals surface area contributed by atoms with Crippen LogP contribution in [0, 0.1) is 13.8 Å². The first-order chi connectivity index (χ1) is 13.4. The van der Waals surface area contributed by atoms with Crippen LogP contribution in [0.3, 0.4) is 0 Å². The summed E-state index contributed by atoms with van der Waals surface area (Å²) in [4.78, 5) is 16.4. The number of aromatic carboxylic acids is 1. The van der Waals surface area contributed by atoms with Gasteiger partial charge in [0.1, 0.15) is 11.4 Å². The monoisotopic (exact) mass is 386 g/mol. The molecular formula is C19H22N4O5. The van der Waals surface area contributed by atoms with E-state index in [1.807, 2.05) is 13.8 Å². The van der Waals surface area contributed by atoms with Crippen LogP contribution >= 0.6 is 0 Å². The molecule has 0 radical (unpaired) electrons. The van der Waals surface area contributed by atoms with Crippen molar-refractivity contribution in [2.24, 2.45) is 0 Å². The van der Waals surface area contributed by atoms with E-state index in [0.29, 0.717) is 23.7 Å². The Balaban J connectivity index is 2.25. The van der Waals surface area contributed by atoms with Gasteiger partial charge in [-0.25, -0.2) is 9.78 Å². The minimum Gasteiger partial charge on any atom is -0.493 e. The van der Waals surface area contributed by atoms with Gasteiger partial charge in [0.15, 0.2) is 11.5 Å². The first kappa shape index (κ1) is 19.4. The number of aryl methyl sites for hydroxylation is 1. The summed E-state index contributed by atoms with van der Waals surface area (Å²) < 4.78 is 14.0. The van der Waals surface area contributed by atoms with Crippen LogP contribution in [-0.4, -0.2) is 56.3 Å². The molecule has 2 aromatic heterocycles. The third-order valence-electron chi connectivity index (χ3n) is 4.54. The highest BCUT2D eigenvalue weighted by Crippen LogP contribution is 2.38. The fourth-order valence-electron chi connectivity index (χ4n) is 3.36. The summed E-state index contributed by atoms with van der Waals surface area (Å²) in [7, 11) is 2.85. The number of aliphatic hydroxyl groups is 1. The number of nitrogens with zero attached hydrogens (tertiary/aromatic N) is 4. The number of aliphatic hydroxyl groups excluding tert-OH is 1. The van der Waals surface area contributed by atoms with Crippen LogP contribution in [0.1, 0.15) is 21.7 Å². The van der Waals surface area contributed by atoms with Crippen molar-refractivity contribution in [1.29, 1.82) is 0 Å². The average Bonchev–Trinajstić information content (AvgIpc) is 3.24. The Bertz CT molecular complexity index is 1020. The molecule has 3 rings (SSSR count). The number of methoxy groups -OCH3 is 2. The molecule has 0 spiro atoms. The van der Waals surface area contributed by atoms with E-state index in [-0.39, 0.29) is 17.9 Å². The van der Waals surface area contributed by atoms with Crippen molar-refractivity contribution in [2.75, 3.05) is 20.8 Å². The molecule has 0 atom stereocenters. The summed E-state index contributed by atoms with van der Waals surface area (Å²) in [6.07, 6.45) is 3.35. The lowest BCUT2D eigenvalue weighted by molar-refractivity contribution is 0.0693. The first-order valence-corrected chi connectivity index (χ1v) is 8.61. The van der Waals surface area contributed by atoms with E-state index < -0.39 is 5.97 Å². The van der Waals surface area contributed by atoms with E-state index in [1.165, 1.54) is 14.2 Å². The van der Waals surface area contributed by atoms with Gasteiger partial charge in [0, 0.05) is 18.0 Å². The maximum absolute atomic E-state index is 12.0. The van der Waals surface area contributed by atoms with Gasteiger partial charge in [-0.15, -0.1) is 0 Å². The number of hydrogen-bond donors (Lipinski definition) is 2. The maximum Gasteiger partial charge on any atom is 0.340 e. The molecule has 2 heterocycles. The van der Waals surface area contributed by atoms with E-state index in [9.17, 15) is 15.0 Å². The van der Waals surface area contributed by atoms with E-state index in [0.717, 1.165) is 17.1 Å². The number of hydrogen-bond acceptors (Lipinski definition) is 6. The Hall–Kier alpha value is -3.33. The summed E-state index contributed by atoms with van der Waals surface area (Å²) in [5.74, 6) is -0.255. The predicted molar refractivity (Wildman–Crippen MR) is 101 cm³/mol. The Morgan fingerprint density at radius 1 is 1.21 bits per heavy atom.